The molecular weight excluding hydrogens is 390 g/mol. The van der Waals surface area contributed by atoms with E-state index in [1.54, 1.807) is 16.2 Å². The second-order valence-electron chi connectivity index (χ2n) is 6.55. The highest BCUT2D eigenvalue weighted by Gasteiger charge is 2.16. The van der Waals surface area contributed by atoms with Gasteiger partial charge in [0.15, 0.2) is 5.65 Å². The number of rotatable bonds is 7. The smallest absolute Gasteiger partial charge is 0.233 e. The van der Waals surface area contributed by atoms with Gasteiger partial charge in [0, 0.05) is 23.9 Å². The Hall–Kier alpha value is -2.45. The van der Waals surface area contributed by atoms with E-state index in [4.69, 9.17) is 4.98 Å². The van der Waals surface area contributed by atoms with Crippen LogP contribution in [0, 0.1) is 0 Å². The number of aromatic nitrogens is 4. The molecule has 0 radical (unpaired) electrons. The Bertz CT molecular complexity index is 1110. The highest BCUT2D eigenvalue weighted by Crippen LogP contribution is 2.27. The molecular formula is C20H21N5OS2. The fraction of sp³-hybridized carbons (Fsp3) is 0.300. The minimum Gasteiger partial charge on any atom is -0.340 e. The van der Waals surface area contributed by atoms with Crippen LogP contribution in [0.2, 0.25) is 0 Å². The molecule has 0 aliphatic carbocycles. The Labute approximate surface area is 171 Å². The van der Waals surface area contributed by atoms with Gasteiger partial charge in [-0.3, -0.25) is 4.79 Å². The van der Waals surface area contributed by atoms with Gasteiger partial charge in [0.2, 0.25) is 11.1 Å². The van der Waals surface area contributed by atoms with Crippen molar-refractivity contribution in [1.29, 1.82) is 0 Å². The lowest BCUT2D eigenvalue weighted by molar-refractivity contribution is -0.127. The van der Waals surface area contributed by atoms with Gasteiger partial charge in [-0.15, -0.1) is 21.5 Å². The predicted molar refractivity (Wildman–Crippen MR) is 115 cm³/mol. The number of hydrogen-bond donors (Lipinski definition) is 0. The van der Waals surface area contributed by atoms with Crippen LogP contribution in [0.4, 0.5) is 0 Å². The summed E-state index contributed by atoms with van der Waals surface area (Å²) in [5, 5.41) is 12.3. The van der Waals surface area contributed by atoms with Crippen LogP contribution < -0.4 is 0 Å². The molecule has 1 amide bonds. The van der Waals surface area contributed by atoms with E-state index >= 15 is 0 Å². The van der Waals surface area contributed by atoms with E-state index in [0.717, 1.165) is 35.0 Å². The van der Waals surface area contributed by atoms with Gasteiger partial charge in [0.25, 0.3) is 0 Å². The molecule has 0 aliphatic rings. The summed E-state index contributed by atoms with van der Waals surface area (Å²) in [5.74, 6) is 0.347. The zero-order valence-electron chi connectivity index (χ0n) is 15.8. The quantitative estimate of drug-likeness (QED) is 0.427. The largest absolute Gasteiger partial charge is 0.340 e. The van der Waals surface area contributed by atoms with Gasteiger partial charge in [0.05, 0.1) is 17.8 Å². The first kappa shape index (κ1) is 18.9. The molecule has 0 aliphatic heterocycles. The number of hydrogen-bond acceptors (Lipinski definition) is 6. The summed E-state index contributed by atoms with van der Waals surface area (Å²) in [7, 11) is 1.82. The Balaban J connectivity index is 1.53. The Morgan fingerprint density at radius 2 is 2.07 bits per heavy atom. The molecule has 8 heteroatoms. The van der Waals surface area contributed by atoms with E-state index in [9.17, 15) is 4.79 Å². The minimum absolute atomic E-state index is 0.0520. The fourth-order valence-electron chi connectivity index (χ4n) is 3.16. The summed E-state index contributed by atoms with van der Waals surface area (Å²) in [6, 6.07) is 12.2. The van der Waals surface area contributed by atoms with Crippen molar-refractivity contribution in [3.63, 3.8) is 0 Å². The SMILES string of the molecule is CCCn1c2ccccc2c2nnc(SCC(=O)N(C)Cc3cccs3)nc21. The van der Waals surface area contributed by atoms with Crippen LogP contribution in [-0.2, 0) is 17.9 Å². The Morgan fingerprint density at radius 1 is 1.21 bits per heavy atom. The molecule has 4 aromatic rings. The maximum absolute atomic E-state index is 12.4. The molecule has 144 valence electrons. The minimum atomic E-state index is 0.0520. The van der Waals surface area contributed by atoms with E-state index in [0.29, 0.717) is 17.5 Å². The van der Waals surface area contributed by atoms with Crippen LogP contribution in [0.15, 0.2) is 46.9 Å². The van der Waals surface area contributed by atoms with Crippen LogP contribution in [0.5, 0.6) is 0 Å². The van der Waals surface area contributed by atoms with Crippen molar-refractivity contribution in [2.45, 2.75) is 31.6 Å². The summed E-state index contributed by atoms with van der Waals surface area (Å²) >= 11 is 2.99. The van der Waals surface area contributed by atoms with Crippen molar-refractivity contribution in [2.24, 2.45) is 0 Å². The number of carbonyl (C=O) groups is 1. The topological polar surface area (TPSA) is 63.9 Å². The lowest BCUT2D eigenvalue weighted by Crippen LogP contribution is -2.27. The average molecular weight is 412 g/mol. The molecule has 0 unspecified atom stereocenters. The first-order valence-corrected chi connectivity index (χ1v) is 11.0. The number of nitrogens with zero attached hydrogens (tertiary/aromatic N) is 5. The standard InChI is InChI=1S/C20H21N5OS2/c1-3-10-25-16-9-5-4-8-15(16)18-19(25)21-20(23-22-18)28-13-17(26)24(2)12-14-7-6-11-27-14/h4-9,11H,3,10,12-13H2,1-2H3. The number of fused-ring (bicyclic) bond motifs is 3. The molecule has 3 heterocycles. The van der Waals surface area contributed by atoms with Crippen molar-refractivity contribution in [2.75, 3.05) is 12.8 Å². The number of para-hydroxylation sites is 1. The monoisotopic (exact) mass is 411 g/mol. The van der Waals surface area contributed by atoms with Gasteiger partial charge in [-0.2, -0.15) is 0 Å². The lowest BCUT2D eigenvalue weighted by Gasteiger charge is -2.15. The zero-order chi connectivity index (χ0) is 19.5. The predicted octanol–water partition coefficient (Wildman–Crippen LogP) is 4.20. The summed E-state index contributed by atoms with van der Waals surface area (Å²) in [5.41, 5.74) is 2.77. The third kappa shape index (κ3) is 3.74. The van der Waals surface area contributed by atoms with E-state index in [1.807, 2.05) is 36.7 Å². The molecule has 1 aromatic carbocycles. The fourth-order valence-corrected chi connectivity index (χ4v) is 4.64. The van der Waals surface area contributed by atoms with Gasteiger partial charge in [-0.25, -0.2) is 4.98 Å². The second kappa shape index (κ2) is 8.28. The molecule has 0 saturated carbocycles. The van der Waals surface area contributed by atoms with Crippen molar-refractivity contribution < 1.29 is 4.79 Å². The Kier molecular flexibility index (Phi) is 5.59. The number of benzene rings is 1. The first-order chi connectivity index (χ1) is 13.7. The number of thioether (sulfide) groups is 1. The molecule has 4 rings (SSSR count). The van der Waals surface area contributed by atoms with Crippen molar-refractivity contribution in [1.82, 2.24) is 24.6 Å². The van der Waals surface area contributed by atoms with Gasteiger partial charge in [-0.1, -0.05) is 43.0 Å². The van der Waals surface area contributed by atoms with Gasteiger partial charge in [-0.05, 0) is 23.9 Å². The van der Waals surface area contributed by atoms with Crippen LogP contribution in [0.1, 0.15) is 18.2 Å². The maximum Gasteiger partial charge on any atom is 0.233 e. The molecule has 6 nitrogen and oxygen atoms in total. The summed E-state index contributed by atoms with van der Waals surface area (Å²) in [6.45, 7) is 3.64. The van der Waals surface area contributed by atoms with E-state index in [-0.39, 0.29) is 5.91 Å². The van der Waals surface area contributed by atoms with Gasteiger partial charge < -0.3 is 9.47 Å². The summed E-state index contributed by atoms with van der Waals surface area (Å²) < 4.78 is 2.19. The molecule has 0 spiro atoms. The van der Waals surface area contributed by atoms with Crippen molar-refractivity contribution >= 4 is 51.1 Å². The molecule has 0 bridgehead atoms. The third-order valence-electron chi connectivity index (χ3n) is 4.53. The van der Waals surface area contributed by atoms with E-state index < -0.39 is 0 Å². The number of aryl methyl sites for hydroxylation is 1. The second-order valence-corrected chi connectivity index (χ2v) is 8.53. The maximum atomic E-state index is 12.4. The zero-order valence-corrected chi connectivity index (χ0v) is 17.5. The highest BCUT2D eigenvalue weighted by molar-refractivity contribution is 7.99. The van der Waals surface area contributed by atoms with E-state index in [1.165, 1.54) is 16.6 Å². The molecule has 0 N–H and O–H groups in total. The first-order valence-electron chi connectivity index (χ1n) is 9.18. The summed E-state index contributed by atoms with van der Waals surface area (Å²) in [6.07, 6.45) is 1.01. The van der Waals surface area contributed by atoms with Crippen molar-refractivity contribution in [3.05, 3.63) is 46.7 Å². The highest BCUT2D eigenvalue weighted by atomic mass is 32.2. The van der Waals surface area contributed by atoms with Crippen LogP contribution in [0.25, 0.3) is 22.1 Å². The van der Waals surface area contributed by atoms with Crippen LogP contribution >= 0.6 is 23.1 Å². The number of amides is 1. The van der Waals surface area contributed by atoms with E-state index in [2.05, 4.69) is 33.8 Å². The van der Waals surface area contributed by atoms with Crippen LogP contribution in [0.3, 0.4) is 0 Å². The molecule has 28 heavy (non-hydrogen) atoms. The molecule has 3 aromatic heterocycles. The van der Waals surface area contributed by atoms with Gasteiger partial charge >= 0.3 is 0 Å². The third-order valence-corrected chi connectivity index (χ3v) is 6.21. The van der Waals surface area contributed by atoms with Gasteiger partial charge in [0.1, 0.15) is 5.52 Å². The average Bonchev–Trinajstić information content (AvgIpc) is 3.33. The van der Waals surface area contributed by atoms with Crippen molar-refractivity contribution in [3.8, 4) is 0 Å². The number of carbonyl (C=O) groups excluding carboxylic acids is 1. The lowest BCUT2D eigenvalue weighted by atomic mass is 10.2. The number of thiophene rings is 1. The molecule has 0 fully saturated rings. The summed E-state index contributed by atoms with van der Waals surface area (Å²) in [4.78, 5) is 20.1. The molecule has 0 atom stereocenters. The normalized spacial score (nSPS) is 11.4. The Morgan fingerprint density at radius 3 is 2.86 bits per heavy atom. The van der Waals surface area contributed by atoms with Crippen LogP contribution in [-0.4, -0.2) is 43.4 Å². The molecule has 0 saturated heterocycles.